The molecule has 2 saturated carbocycles. The summed E-state index contributed by atoms with van der Waals surface area (Å²) < 4.78 is 40.8. The van der Waals surface area contributed by atoms with Gasteiger partial charge in [0, 0.05) is 41.1 Å². The van der Waals surface area contributed by atoms with Crippen LogP contribution in [0, 0.1) is 28.1 Å². The number of fused-ring (bicyclic) bond motifs is 4. The Balaban J connectivity index is 1.45. The minimum absolute atomic E-state index is 0.0768. The van der Waals surface area contributed by atoms with Crippen molar-refractivity contribution >= 4 is 17.9 Å². The van der Waals surface area contributed by atoms with E-state index in [2.05, 4.69) is 0 Å². The van der Waals surface area contributed by atoms with Crippen LogP contribution < -0.4 is 0 Å². The molecule has 0 aromatic heterocycles. The molecule has 1 spiro atoms. The van der Waals surface area contributed by atoms with Gasteiger partial charge in [0.25, 0.3) is 0 Å². The van der Waals surface area contributed by atoms with Crippen molar-refractivity contribution in [2.75, 3.05) is 27.4 Å². The molecular weight excluding hydrogens is 620 g/mol. The number of rotatable bonds is 5. The molecule has 258 valence electrons. The number of ether oxygens (including phenoxy) is 7. The molecule has 14 unspecified atom stereocenters. The van der Waals surface area contributed by atoms with Gasteiger partial charge in [-0.1, -0.05) is 13.0 Å². The van der Waals surface area contributed by atoms with E-state index in [0.29, 0.717) is 11.1 Å². The van der Waals surface area contributed by atoms with Crippen molar-refractivity contribution in [1.29, 1.82) is 0 Å². The van der Waals surface area contributed by atoms with Gasteiger partial charge in [0.1, 0.15) is 17.1 Å². The van der Waals surface area contributed by atoms with Crippen LogP contribution in [-0.2, 0) is 47.5 Å². The van der Waals surface area contributed by atoms with Gasteiger partial charge in [-0.3, -0.25) is 4.79 Å². The van der Waals surface area contributed by atoms with Gasteiger partial charge in [0.05, 0.1) is 58.1 Å². The Morgan fingerprint density at radius 2 is 1.79 bits per heavy atom. The van der Waals surface area contributed by atoms with Gasteiger partial charge in [0.2, 0.25) is 6.29 Å². The van der Waals surface area contributed by atoms with Crippen molar-refractivity contribution < 1.29 is 68.0 Å². The SMILES string of the molecule is CC=C(C)C(=O)OC1CC(O)C23COC(C(=O)OC)C2C(C)(C2=C(C)C4(O)CC2OC2OC=CC24O)C(O)C2OCC1(C(=O)OC)C23. The Kier molecular flexibility index (Phi) is 7.18. The molecule has 14 heteroatoms. The molecule has 7 aliphatic rings. The third-order valence-corrected chi connectivity index (χ3v) is 12.8. The third kappa shape index (κ3) is 3.62. The first-order valence-electron chi connectivity index (χ1n) is 15.9. The van der Waals surface area contributed by atoms with Crippen LogP contribution in [0.2, 0.25) is 0 Å². The van der Waals surface area contributed by atoms with E-state index in [1.165, 1.54) is 26.6 Å². The van der Waals surface area contributed by atoms with Crippen LogP contribution in [0.15, 0.2) is 35.1 Å². The fourth-order valence-electron chi connectivity index (χ4n) is 10.6. The van der Waals surface area contributed by atoms with Crippen LogP contribution in [0.25, 0.3) is 0 Å². The summed E-state index contributed by atoms with van der Waals surface area (Å²) in [4.78, 5) is 40.6. The molecule has 4 aliphatic heterocycles. The second-order valence-corrected chi connectivity index (χ2v) is 14.3. The highest BCUT2D eigenvalue weighted by Crippen LogP contribution is 2.74. The van der Waals surface area contributed by atoms with Crippen LogP contribution in [0.1, 0.15) is 40.5 Å². The second-order valence-electron chi connectivity index (χ2n) is 14.3. The monoisotopic (exact) mass is 662 g/mol. The average Bonchev–Trinajstić information content (AvgIpc) is 3.81. The van der Waals surface area contributed by atoms with E-state index >= 15 is 0 Å². The van der Waals surface area contributed by atoms with E-state index in [9.17, 15) is 34.8 Å². The summed E-state index contributed by atoms with van der Waals surface area (Å²) in [6, 6.07) is 0. The number of methoxy groups -OCH3 is 2. The standard InChI is InChI=1S/C33H42O14/c1-7-14(2)25(36)47-18-10-17(34)30-12-45-21(26(37)41-5)22(30)29(4,24(35)20-23(30)31(18,13-44-20)27(38)42-6)19-15(3)33(40)11-16(19)46-28-32(33,39)8-9-43-28/h7-9,16-18,20-24,28,34-35,39-40H,10-13H2,1-6H3. The summed E-state index contributed by atoms with van der Waals surface area (Å²) in [6.07, 6.45) is -4.83. The number of aliphatic hydroxyl groups is 4. The molecule has 4 N–H and O–H groups in total. The number of hydrogen-bond acceptors (Lipinski definition) is 14. The fraction of sp³-hybridized carbons (Fsp3) is 0.727. The van der Waals surface area contributed by atoms with Crippen LogP contribution in [0.3, 0.4) is 0 Å². The molecule has 7 rings (SSSR count). The Labute approximate surface area is 271 Å². The number of esters is 3. The van der Waals surface area contributed by atoms with E-state index in [-0.39, 0.29) is 31.6 Å². The van der Waals surface area contributed by atoms with E-state index in [1.807, 2.05) is 0 Å². The highest BCUT2D eigenvalue weighted by molar-refractivity contribution is 5.88. The molecule has 14 atom stereocenters. The quantitative estimate of drug-likeness (QED) is 0.131. The maximum absolute atomic E-state index is 14.0. The van der Waals surface area contributed by atoms with Crippen LogP contribution >= 0.6 is 0 Å². The van der Waals surface area contributed by atoms with Crippen molar-refractivity contribution in [2.45, 2.75) is 94.7 Å². The first-order valence-corrected chi connectivity index (χ1v) is 15.9. The Morgan fingerprint density at radius 1 is 1.06 bits per heavy atom. The van der Waals surface area contributed by atoms with Gasteiger partial charge in [-0.05, 0) is 38.0 Å². The summed E-state index contributed by atoms with van der Waals surface area (Å²) >= 11 is 0. The van der Waals surface area contributed by atoms with E-state index < -0.39 is 100 Å². The zero-order chi connectivity index (χ0) is 34.1. The highest BCUT2D eigenvalue weighted by Gasteiger charge is 2.84. The first-order chi connectivity index (χ1) is 22.1. The molecule has 0 amide bonds. The number of carbonyl (C=O) groups is 3. The van der Waals surface area contributed by atoms with Gasteiger partial charge >= 0.3 is 17.9 Å². The van der Waals surface area contributed by atoms with Gasteiger partial charge in [-0.25, -0.2) is 9.59 Å². The Bertz CT molecular complexity index is 1500. The summed E-state index contributed by atoms with van der Waals surface area (Å²) in [6.45, 7) is 6.01. The number of allylic oxidation sites excluding steroid dienone is 1. The summed E-state index contributed by atoms with van der Waals surface area (Å²) in [5.41, 5.74) is -7.48. The number of carbonyl (C=O) groups excluding carboxylic acids is 3. The van der Waals surface area contributed by atoms with Crippen molar-refractivity contribution in [3.63, 3.8) is 0 Å². The van der Waals surface area contributed by atoms with Gasteiger partial charge < -0.3 is 53.6 Å². The van der Waals surface area contributed by atoms with E-state index in [1.54, 1.807) is 33.8 Å². The maximum Gasteiger partial charge on any atom is 0.335 e. The maximum atomic E-state index is 14.0. The predicted molar refractivity (Wildman–Crippen MR) is 156 cm³/mol. The minimum atomic E-state index is -1.93. The zero-order valence-corrected chi connectivity index (χ0v) is 27.1. The summed E-state index contributed by atoms with van der Waals surface area (Å²) in [7, 11) is 2.40. The molecule has 47 heavy (non-hydrogen) atoms. The van der Waals surface area contributed by atoms with Crippen molar-refractivity contribution in [2.24, 2.45) is 28.1 Å². The van der Waals surface area contributed by atoms with Crippen molar-refractivity contribution in [3.05, 3.63) is 35.1 Å². The second kappa shape index (κ2) is 10.3. The van der Waals surface area contributed by atoms with Crippen molar-refractivity contribution in [1.82, 2.24) is 0 Å². The smallest absolute Gasteiger partial charge is 0.335 e. The molecule has 4 heterocycles. The Morgan fingerprint density at radius 3 is 2.45 bits per heavy atom. The normalized spacial score (nSPS) is 50.8. The van der Waals surface area contributed by atoms with Crippen molar-refractivity contribution in [3.8, 4) is 0 Å². The summed E-state index contributed by atoms with van der Waals surface area (Å²) in [5, 5.41) is 48.6. The van der Waals surface area contributed by atoms with Gasteiger partial charge in [-0.15, -0.1) is 0 Å². The Hall–Kier alpha value is -2.85. The molecule has 0 aromatic carbocycles. The molecule has 2 bridgehead atoms. The lowest BCUT2D eigenvalue weighted by molar-refractivity contribution is -0.280. The number of aliphatic hydroxyl groups excluding tert-OH is 2. The highest BCUT2D eigenvalue weighted by atomic mass is 16.7. The summed E-state index contributed by atoms with van der Waals surface area (Å²) in [5.74, 6) is -4.36. The lowest BCUT2D eigenvalue weighted by Gasteiger charge is -2.64. The molecule has 3 saturated heterocycles. The molecule has 0 radical (unpaired) electrons. The van der Waals surface area contributed by atoms with Gasteiger partial charge in [-0.2, -0.15) is 0 Å². The lowest BCUT2D eigenvalue weighted by atomic mass is 9.39. The van der Waals surface area contributed by atoms with Crippen LogP contribution in [0.4, 0.5) is 0 Å². The third-order valence-electron chi connectivity index (χ3n) is 12.8. The predicted octanol–water partition coefficient (Wildman–Crippen LogP) is -0.190. The molecule has 3 aliphatic carbocycles. The average molecular weight is 663 g/mol. The first kappa shape index (κ1) is 32.7. The van der Waals surface area contributed by atoms with Gasteiger partial charge in [0.15, 0.2) is 11.7 Å². The minimum Gasteiger partial charge on any atom is -0.469 e. The molecule has 0 aromatic rings. The van der Waals surface area contributed by atoms with Crippen LogP contribution in [-0.4, -0.2) is 120 Å². The fourth-order valence-corrected chi connectivity index (χ4v) is 10.6. The molecule has 5 fully saturated rings. The molecule has 14 nitrogen and oxygen atoms in total. The van der Waals surface area contributed by atoms with E-state index in [4.69, 9.17) is 33.2 Å². The molecular formula is C33H42O14. The lowest BCUT2D eigenvalue weighted by Crippen LogP contribution is -2.75. The number of hydrogen-bond donors (Lipinski definition) is 4. The van der Waals surface area contributed by atoms with Crippen LogP contribution in [0.5, 0.6) is 0 Å². The largest absolute Gasteiger partial charge is 0.469 e. The zero-order valence-electron chi connectivity index (χ0n) is 27.1. The van der Waals surface area contributed by atoms with E-state index in [0.717, 1.165) is 0 Å². The topological polar surface area (TPSA) is 197 Å².